The Bertz CT molecular complexity index is 881. The van der Waals surface area contributed by atoms with E-state index in [1.54, 1.807) is 50.3 Å². The number of carbonyl (C=O) groups excluding carboxylic acids is 2. The van der Waals surface area contributed by atoms with Gasteiger partial charge < -0.3 is 24.4 Å². The fourth-order valence-corrected chi connectivity index (χ4v) is 3.23. The maximum Gasteiger partial charge on any atom is 0.340 e. The van der Waals surface area contributed by atoms with Gasteiger partial charge in [0.25, 0.3) is 0 Å². The van der Waals surface area contributed by atoms with Gasteiger partial charge in [0.1, 0.15) is 0 Å². The van der Waals surface area contributed by atoms with Crippen LogP contribution in [0.15, 0.2) is 36.4 Å². The Balaban J connectivity index is 1.76. The first kappa shape index (κ1) is 19.5. The van der Waals surface area contributed by atoms with Crippen LogP contribution in [0.3, 0.4) is 0 Å². The molecule has 0 aliphatic carbocycles. The molecule has 1 aliphatic heterocycles. The van der Waals surface area contributed by atoms with Gasteiger partial charge in [-0.05, 0) is 48.7 Å². The molecule has 0 fully saturated rings. The number of nitrogens with one attached hydrogen (secondary N) is 1. The summed E-state index contributed by atoms with van der Waals surface area (Å²) in [6.07, 6.45) is 0.711. The Morgan fingerprint density at radius 2 is 1.75 bits per heavy atom. The molecule has 28 heavy (non-hydrogen) atoms. The number of hydrogen-bond donors (Lipinski definition) is 1. The van der Waals surface area contributed by atoms with E-state index in [2.05, 4.69) is 5.32 Å². The topological polar surface area (TPSA) is 77.1 Å². The number of para-hydroxylation sites is 1. The lowest BCUT2D eigenvalue weighted by atomic mass is 9.99. The molecule has 0 radical (unpaired) electrons. The fraction of sp³-hybridized carbons (Fsp3) is 0.333. The van der Waals surface area contributed by atoms with Gasteiger partial charge in [0.2, 0.25) is 0 Å². The lowest BCUT2D eigenvalue weighted by molar-refractivity contribution is 0.0527. The number of urea groups is 1. The van der Waals surface area contributed by atoms with Crippen molar-refractivity contribution in [3.8, 4) is 11.5 Å². The lowest BCUT2D eigenvalue weighted by Crippen LogP contribution is -2.39. The monoisotopic (exact) mass is 384 g/mol. The Hall–Kier alpha value is -3.22. The molecule has 2 aromatic carbocycles. The summed E-state index contributed by atoms with van der Waals surface area (Å²) in [6, 6.07) is 10.4. The molecule has 0 aromatic heterocycles. The summed E-state index contributed by atoms with van der Waals surface area (Å²) < 4.78 is 15.8. The Labute approximate surface area is 164 Å². The van der Waals surface area contributed by atoms with Crippen LogP contribution < -0.4 is 14.8 Å². The van der Waals surface area contributed by atoms with Gasteiger partial charge in [0.05, 0.1) is 32.1 Å². The van der Waals surface area contributed by atoms with Gasteiger partial charge in [0.15, 0.2) is 11.5 Å². The Morgan fingerprint density at radius 3 is 2.43 bits per heavy atom. The molecule has 1 heterocycles. The third-order valence-electron chi connectivity index (χ3n) is 4.67. The van der Waals surface area contributed by atoms with Crippen molar-refractivity contribution >= 4 is 17.7 Å². The summed E-state index contributed by atoms with van der Waals surface area (Å²) in [6.45, 7) is 3.03. The standard InChI is InChI=1S/C21H24N2O5/c1-4-28-20(24)16-7-5-6-8-17(16)22-21(25)23-10-9-14-11-18(26-2)19(27-3)12-15(14)13-23/h5-8,11-12H,4,9-10,13H2,1-3H3,(H,22,25). The minimum Gasteiger partial charge on any atom is -0.493 e. The maximum atomic E-state index is 12.8. The molecule has 2 aromatic rings. The number of methoxy groups -OCH3 is 2. The molecule has 3 rings (SSSR count). The molecule has 0 spiro atoms. The number of anilines is 1. The number of hydrogen-bond acceptors (Lipinski definition) is 5. The Kier molecular flexibility index (Phi) is 6.03. The van der Waals surface area contributed by atoms with Crippen LogP contribution in [0.1, 0.15) is 28.4 Å². The smallest absolute Gasteiger partial charge is 0.340 e. The van der Waals surface area contributed by atoms with Gasteiger partial charge in [-0.3, -0.25) is 0 Å². The number of ether oxygens (including phenoxy) is 3. The van der Waals surface area contributed by atoms with E-state index in [1.165, 1.54) is 0 Å². The van der Waals surface area contributed by atoms with Gasteiger partial charge >= 0.3 is 12.0 Å². The van der Waals surface area contributed by atoms with E-state index >= 15 is 0 Å². The number of fused-ring (bicyclic) bond motifs is 1. The van der Waals surface area contributed by atoms with E-state index in [4.69, 9.17) is 14.2 Å². The second-order valence-electron chi connectivity index (χ2n) is 6.34. The van der Waals surface area contributed by atoms with Crippen molar-refractivity contribution in [2.75, 3.05) is 32.7 Å². The summed E-state index contributed by atoms with van der Waals surface area (Å²) in [7, 11) is 3.19. The van der Waals surface area contributed by atoms with E-state index in [1.807, 2.05) is 12.1 Å². The molecule has 1 aliphatic rings. The second kappa shape index (κ2) is 8.65. The van der Waals surface area contributed by atoms with Crippen LogP contribution in [0.2, 0.25) is 0 Å². The highest BCUT2D eigenvalue weighted by Gasteiger charge is 2.24. The zero-order valence-electron chi connectivity index (χ0n) is 16.3. The van der Waals surface area contributed by atoms with Crippen LogP contribution in [0, 0.1) is 0 Å². The van der Waals surface area contributed by atoms with Crippen LogP contribution in [0.4, 0.5) is 10.5 Å². The predicted octanol–water partition coefficient (Wildman–Crippen LogP) is 3.47. The SMILES string of the molecule is CCOC(=O)c1ccccc1NC(=O)N1CCc2cc(OC)c(OC)cc2C1. The highest BCUT2D eigenvalue weighted by Crippen LogP contribution is 2.33. The third-order valence-corrected chi connectivity index (χ3v) is 4.67. The number of carbonyl (C=O) groups is 2. The van der Waals surface area contributed by atoms with Crippen molar-refractivity contribution in [1.82, 2.24) is 4.90 Å². The molecule has 148 valence electrons. The van der Waals surface area contributed by atoms with Crippen LogP contribution in [-0.4, -0.2) is 44.3 Å². The van der Waals surface area contributed by atoms with Crippen molar-refractivity contribution in [2.24, 2.45) is 0 Å². The quantitative estimate of drug-likeness (QED) is 0.799. The zero-order valence-corrected chi connectivity index (χ0v) is 16.3. The highest BCUT2D eigenvalue weighted by molar-refractivity contribution is 6.00. The average molecular weight is 384 g/mol. The van der Waals surface area contributed by atoms with E-state index in [0.29, 0.717) is 42.3 Å². The summed E-state index contributed by atoms with van der Waals surface area (Å²) in [5.41, 5.74) is 2.91. The van der Waals surface area contributed by atoms with Crippen LogP contribution in [0.5, 0.6) is 11.5 Å². The van der Waals surface area contributed by atoms with Gasteiger partial charge in [-0.15, -0.1) is 0 Å². The minimum absolute atomic E-state index is 0.266. The summed E-state index contributed by atoms with van der Waals surface area (Å²) in [5, 5.41) is 2.83. The molecular weight excluding hydrogens is 360 g/mol. The average Bonchev–Trinajstić information content (AvgIpc) is 2.72. The van der Waals surface area contributed by atoms with Crippen LogP contribution in [0.25, 0.3) is 0 Å². The first-order valence-corrected chi connectivity index (χ1v) is 9.13. The van der Waals surface area contributed by atoms with Gasteiger partial charge in [-0.25, -0.2) is 9.59 Å². The van der Waals surface area contributed by atoms with Crippen molar-refractivity contribution in [3.05, 3.63) is 53.1 Å². The molecule has 1 N–H and O–H groups in total. The second-order valence-corrected chi connectivity index (χ2v) is 6.34. The van der Waals surface area contributed by atoms with Crippen LogP contribution >= 0.6 is 0 Å². The van der Waals surface area contributed by atoms with Crippen molar-refractivity contribution in [3.63, 3.8) is 0 Å². The molecule has 7 heteroatoms. The van der Waals surface area contributed by atoms with Crippen molar-refractivity contribution in [2.45, 2.75) is 19.9 Å². The zero-order chi connectivity index (χ0) is 20.1. The largest absolute Gasteiger partial charge is 0.493 e. The molecule has 2 amide bonds. The van der Waals surface area contributed by atoms with Gasteiger partial charge in [0, 0.05) is 13.1 Å². The molecule has 7 nitrogen and oxygen atoms in total. The summed E-state index contributed by atoms with van der Waals surface area (Å²) in [4.78, 5) is 26.6. The first-order valence-electron chi connectivity index (χ1n) is 9.13. The number of amides is 2. The number of esters is 1. The minimum atomic E-state index is -0.459. The molecule has 0 atom stereocenters. The normalized spacial score (nSPS) is 12.8. The van der Waals surface area contributed by atoms with Crippen molar-refractivity contribution in [1.29, 1.82) is 0 Å². The highest BCUT2D eigenvalue weighted by atomic mass is 16.5. The molecule has 0 saturated heterocycles. The number of nitrogens with zero attached hydrogens (tertiary/aromatic N) is 1. The van der Waals surface area contributed by atoms with E-state index in [9.17, 15) is 9.59 Å². The summed E-state index contributed by atoms with van der Waals surface area (Å²) in [5.74, 6) is 0.859. The predicted molar refractivity (Wildman–Crippen MR) is 105 cm³/mol. The van der Waals surface area contributed by atoms with E-state index in [-0.39, 0.29) is 12.6 Å². The number of benzene rings is 2. The van der Waals surface area contributed by atoms with Gasteiger partial charge in [-0.1, -0.05) is 12.1 Å². The van der Waals surface area contributed by atoms with Gasteiger partial charge in [-0.2, -0.15) is 0 Å². The fourth-order valence-electron chi connectivity index (χ4n) is 3.23. The summed E-state index contributed by atoms with van der Waals surface area (Å²) >= 11 is 0. The number of rotatable bonds is 5. The van der Waals surface area contributed by atoms with E-state index < -0.39 is 5.97 Å². The Morgan fingerprint density at radius 1 is 1.07 bits per heavy atom. The third kappa shape index (κ3) is 4.03. The molecule has 0 unspecified atom stereocenters. The maximum absolute atomic E-state index is 12.8. The van der Waals surface area contributed by atoms with Crippen molar-refractivity contribution < 1.29 is 23.8 Å². The van der Waals surface area contributed by atoms with E-state index in [0.717, 1.165) is 11.1 Å². The first-order chi connectivity index (χ1) is 13.6. The lowest BCUT2D eigenvalue weighted by Gasteiger charge is -2.30. The molecule has 0 bridgehead atoms. The van der Waals surface area contributed by atoms with Crippen LogP contribution in [-0.2, 0) is 17.7 Å². The molecular formula is C21H24N2O5. The molecule has 0 saturated carbocycles.